The maximum atomic E-state index is 4.45. The zero-order valence-electron chi connectivity index (χ0n) is 12.5. The van der Waals surface area contributed by atoms with Gasteiger partial charge in [0.2, 0.25) is 12.7 Å². The molecule has 0 aliphatic heterocycles. The first-order valence-electron chi connectivity index (χ1n) is 7.05. The molecule has 22 heavy (non-hydrogen) atoms. The highest BCUT2D eigenvalue weighted by Gasteiger charge is 2.18. The van der Waals surface area contributed by atoms with Crippen molar-refractivity contribution < 1.29 is 9.13 Å². The highest BCUT2D eigenvalue weighted by molar-refractivity contribution is 5.93. The van der Waals surface area contributed by atoms with Gasteiger partial charge in [0.1, 0.15) is 24.8 Å². The first-order valence-corrected chi connectivity index (χ1v) is 7.05. The topological polar surface area (TPSA) is 43.4 Å². The zero-order chi connectivity index (χ0) is 15.1. The van der Waals surface area contributed by atoms with Crippen molar-refractivity contribution in [1.29, 1.82) is 0 Å². The van der Waals surface area contributed by atoms with Gasteiger partial charge in [-0.15, -0.1) is 10.2 Å². The smallest absolute Gasteiger partial charge is 0.239 e. The summed E-state index contributed by atoms with van der Waals surface area (Å²) >= 11 is 0. The third-order valence-corrected chi connectivity index (χ3v) is 3.68. The van der Waals surface area contributed by atoms with E-state index in [0.717, 1.165) is 22.4 Å². The molecule has 0 N–H and O–H groups in total. The second kappa shape index (κ2) is 4.77. The van der Waals surface area contributed by atoms with Gasteiger partial charge in [0.25, 0.3) is 11.6 Å². The molecule has 4 aromatic rings. The third kappa shape index (κ3) is 1.96. The number of rotatable bonds is 2. The average molecular weight is 292 g/mol. The quantitative estimate of drug-likeness (QED) is 0.514. The molecule has 0 fully saturated rings. The standard InChI is InChI=1S/C16H16N6/c1-19-7-9-21(11-19)15-13-5-3-4-6-14(13)16(18-17-15)22-10-8-20(2)12-22/h3-12H,1-2H3/q+2. The lowest BCUT2D eigenvalue weighted by molar-refractivity contribution is -0.670. The van der Waals surface area contributed by atoms with E-state index in [9.17, 15) is 0 Å². The van der Waals surface area contributed by atoms with Crippen LogP contribution in [0.25, 0.3) is 22.4 Å². The molecule has 0 saturated carbocycles. The maximum absolute atomic E-state index is 4.45. The molecule has 4 rings (SSSR count). The van der Waals surface area contributed by atoms with Crippen LogP contribution in [0.15, 0.2) is 61.7 Å². The van der Waals surface area contributed by atoms with Gasteiger partial charge >= 0.3 is 0 Å². The Balaban J connectivity index is 1.99. The number of hydrogen-bond acceptors (Lipinski definition) is 2. The molecular formula is C16H16N6+2. The summed E-state index contributed by atoms with van der Waals surface area (Å²) in [6, 6.07) is 8.20. The van der Waals surface area contributed by atoms with Crippen LogP contribution in [-0.2, 0) is 14.1 Å². The molecule has 0 bridgehead atoms. The van der Waals surface area contributed by atoms with Crippen LogP contribution >= 0.6 is 0 Å². The second-order valence-electron chi connectivity index (χ2n) is 5.37. The van der Waals surface area contributed by atoms with Gasteiger partial charge in [0.15, 0.2) is 0 Å². The predicted octanol–water partition coefficient (Wildman–Crippen LogP) is 0.860. The molecule has 6 heteroatoms. The van der Waals surface area contributed by atoms with Crippen LogP contribution in [0, 0.1) is 0 Å². The van der Waals surface area contributed by atoms with Gasteiger partial charge in [-0.2, -0.15) is 9.13 Å². The first kappa shape index (κ1) is 12.7. The van der Waals surface area contributed by atoms with Crippen molar-refractivity contribution in [2.75, 3.05) is 0 Å². The molecule has 108 valence electrons. The van der Waals surface area contributed by atoms with E-state index >= 15 is 0 Å². The molecule has 6 nitrogen and oxygen atoms in total. The van der Waals surface area contributed by atoms with Crippen LogP contribution in [0.4, 0.5) is 0 Å². The Hall–Kier alpha value is -3.02. The number of fused-ring (bicyclic) bond motifs is 1. The summed E-state index contributed by atoms with van der Waals surface area (Å²) in [5, 5.41) is 11.0. The van der Waals surface area contributed by atoms with Crippen molar-refractivity contribution in [2.45, 2.75) is 0 Å². The summed E-state index contributed by atoms with van der Waals surface area (Å²) in [4.78, 5) is 0. The number of hydrogen-bond donors (Lipinski definition) is 0. The van der Waals surface area contributed by atoms with Crippen LogP contribution in [0.2, 0.25) is 0 Å². The molecule has 3 aromatic heterocycles. The molecule has 0 aliphatic carbocycles. The van der Waals surface area contributed by atoms with Crippen LogP contribution in [-0.4, -0.2) is 19.3 Å². The Labute approximate surface area is 127 Å². The normalized spacial score (nSPS) is 11.2. The second-order valence-corrected chi connectivity index (χ2v) is 5.37. The molecule has 0 spiro atoms. The van der Waals surface area contributed by atoms with E-state index in [1.807, 2.05) is 81.9 Å². The number of aromatic nitrogens is 6. The molecule has 0 atom stereocenters. The van der Waals surface area contributed by atoms with E-state index < -0.39 is 0 Å². The monoisotopic (exact) mass is 292 g/mol. The van der Waals surface area contributed by atoms with Gasteiger partial charge in [0.05, 0.1) is 24.9 Å². The largest absolute Gasteiger partial charge is 0.253 e. The van der Waals surface area contributed by atoms with Gasteiger partial charge in [-0.05, 0) is 12.1 Å². The highest BCUT2D eigenvalue weighted by Crippen LogP contribution is 2.23. The lowest BCUT2D eigenvalue weighted by Crippen LogP contribution is -2.24. The van der Waals surface area contributed by atoms with Crippen LogP contribution < -0.4 is 9.13 Å². The number of aryl methyl sites for hydroxylation is 2. The molecule has 0 aliphatic rings. The van der Waals surface area contributed by atoms with E-state index in [4.69, 9.17) is 0 Å². The van der Waals surface area contributed by atoms with Gasteiger partial charge in [-0.3, -0.25) is 0 Å². The lowest BCUT2D eigenvalue weighted by atomic mass is 10.1. The van der Waals surface area contributed by atoms with E-state index in [-0.39, 0.29) is 0 Å². The number of imidazole rings is 2. The fourth-order valence-corrected chi connectivity index (χ4v) is 2.61. The fourth-order valence-electron chi connectivity index (χ4n) is 2.61. The molecule has 0 amide bonds. The Morgan fingerprint density at radius 3 is 1.59 bits per heavy atom. The van der Waals surface area contributed by atoms with E-state index in [0.29, 0.717) is 0 Å². The Bertz CT molecular complexity index is 887. The number of nitrogens with zero attached hydrogens (tertiary/aromatic N) is 6. The van der Waals surface area contributed by atoms with E-state index in [1.54, 1.807) is 0 Å². The van der Waals surface area contributed by atoms with Gasteiger partial charge in [-0.25, -0.2) is 9.13 Å². The minimum atomic E-state index is 0.830. The maximum Gasteiger partial charge on any atom is 0.253 e. The summed E-state index contributed by atoms with van der Waals surface area (Å²) < 4.78 is 7.93. The summed E-state index contributed by atoms with van der Waals surface area (Å²) in [6.07, 6.45) is 11.9. The van der Waals surface area contributed by atoms with Gasteiger partial charge < -0.3 is 0 Å². The molecule has 1 aromatic carbocycles. The van der Waals surface area contributed by atoms with Crippen LogP contribution in [0.1, 0.15) is 0 Å². The summed E-state index contributed by atoms with van der Waals surface area (Å²) in [6.45, 7) is 0. The summed E-state index contributed by atoms with van der Waals surface area (Å²) in [5.74, 6) is 1.66. The molecule has 0 unspecified atom stereocenters. The van der Waals surface area contributed by atoms with Gasteiger partial charge in [0, 0.05) is 0 Å². The van der Waals surface area contributed by atoms with E-state index in [1.165, 1.54) is 0 Å². The molecule has 0 radical (unpaired) electrons. The minimum absolute atomic E-state index is 0.830. The summed E-state index contributed by atoms with van der Waals surface area (Å²) in [5.41, 5.74) is 0. The Kier molecular flexibility index (Phi) is 2.75. The summed E-state index contributed by atoms with van der Waals surface area (Å²) in [7, 11) is 3.97. The van der Waals surface area contributed by atoms with Crippen molar-refractivity contribution in [3.05, 3.63) is 61.7 Å². The van der Waals surface area contributed by atoms with Crippen LogP contribution in [0.5, 0.6) is 0 Å². The Morgan fingerprint density at radius 2 is 1.23 bits per heavy atom. The zero-order valence-corrected chi connectivity index (χ0v) is 12.5. The fraction of sp³-hybridized carbons (Fsp3) is 0.125. The predicted molar refractivity (Wildman–Crippen MR) is 80.5 cm³/mol. The average Bonchev–Trinajstić information content (AvgIpc) is 3.15. The van der Waals surface area contributed by atoms with Crippen molar-refractivity contribution in [3.63, 3.8) is 0 Å². The Morgan fingerprint density at radius 1 is 0.773 bits per heavy atom. The van der Waals surface area contributed by atoms with E-state index in [2.05, 4.69) is 22.3 Å². The number of benzene rings is 1. The van der Waals surface area contributed by atoms with Crippen molar-refractivity contribution in [1.82, 2.24) is 19.3 Å². The molecular weight excluding hydrogens is 276 g/mol. The third-order valence-electron chi connectivity index (χ3n) is 3.68. The molecule has 0 saturated heterocycles. The highest BCUT2D eigenvalue weighted by atomic mass is 15.3. The molecule has 3 heterocycles. The van der Waals surface area contributed by atoms with Crippen LogP contribution in [0.3, 0.4) is 0 Å². The first-order chi connectivity index (χ1) is 10.7. The van der Waals surface area contributed by atoms with Gasteiger partial charge in [-0.1, -0.05) is 12.1 Å². The van der Waals surface area contributed by atoms with Crippen molar-refractivity contribution in [2.24, 2.45) is 14.1 Å². The van der Waals surface area contributed by atoms with Crippen molar-refractivity contribution in [3.8, 4) is 11.6 Å². The minimum Gasteiger partial charge on any atom is -0.239 e. The SMILES string of the molecule is C[n+]1ccn(-c2nnc(-n3cc[n+](C)c3)c3ccccc23)c1. The lowest BCUT2D eigenvalue weighted by Gasteiger charge is -2.03. The van der Waals surface area contributed by atoms with Crippen molar-refractivity contribution >= 4 is 10.8 Å².